The van der Waals surface area contributed by atoms with Crippen molar-refractivity contribution >= 4 is 39.0 Å². The van der Waals surface area contributed by atoms with Crippen LogP contribution in [0.3, 0.4) is 0 Å². The molecule has 0 fully saturated rings. The molecule has 6 heteroatoms. The molecule has 0 saturated carbocycles. The molecular formula is C13H17BrN4S. The Kier molecular flexibility index (Phi) is 5.15. The first-order valence-electron chi connectivity index (χ1n) is 6.28. The van der Waals surface area contributed by atoms with Gasteiger partial charge in [0, 0.05) is 24.2 Å². The number of thiophene rings is 1. The van der Waals surface area contributed by atoms with E-state index in [1.54, 1.807) is 17.5 Å². The molecule has 0 aromatic carbocycles. The van der Waals surface area contributed by atoms with E-state index in [1.165, 1.54) is 4.88 Å². The van der Waals surface area contributed by atoms with Gasteiger partial charge in [0.2, 0.25) is 5.95 Å². The van der Waals surface area contributed by atoms with Crippen LogP contribution in [0.1, 0.15) is 18.7 Å². The first kappa shape index (κ1) is 14.3. The zero-order chi connectivity index (χ0) is 13.7. The van der Waals surface area contributed by atoms with Crippen molar-refractivity contribution in [1.29, 1.82) is 0 Å². The van der Waals surface area contributed by atoms with Crippen LogP contribution >= 0.6 is 27.3 Å². The Morgan fingerprint density at radius 3 is 2.89 bits per heavy atom. The fourth-order valence-corrected chi connectivity index (χ4v) is 2.91. The lowest BCUT2D eigenvalue weighted by Gasteiger charge is -2.22. The highest BCUT2D eigenvalue weighted by Crippen LogP contribution is 2.26. The van der Waals surface area contributed by atoms with Crippen LogP contribution in [-0.4, -0.2) is 23.1 Å². The predicted molar refractivity (Wildman–Crippen MR) is 84.9 cm³/mol. The van der Waals surface area contributed by atoms with Crippen molar-refractivity contribution < 1.29 is 0 Å². The summed E-state index contributed by atoms with van der Waals surface area (Å²) in [6.45, 7) is 6.76. The van der Waals surface area contributed by atoms with Crippen LogP contribution in [0.2, 0.25) is 0 Å². The molecule has 0 amide bonds. The van der Waals surface area contributed by atoms with Gasteiger partial charge in [0.1, 0.15) is 5.82 Å². The first-order chi connectivity index (χ1) is 9.24. The predicted octanol–water partition coefficient (Wildman–Crippen LogP) is 3.76. The maximum absolute atomic E-state index is 4.58. The van der Waals surface area contributed by atoms with Gasteiger partial charge in [0.15, 0.2) is 0 Å². The summed E-state index contributed by atoms with van der Waals surface area (Å²) in [5, 5.41) is 5.25. The number of hydrogen-bond acceptors (Lipinski definition) is 5. The van der Waals surface area contributed by atoms with Crippen molar-refractivity contribution in [1.82, 2.24) is 9.97 Å². The molecule has 2 rings (SSSR count). The second-order valence-corrected chi connectivity index (χ2v) is 5.88. The van der Waals surface area contributed by atoms with E-state index in [4.69, 9.17) is 0 Å². The minimum absolute atomic E-state index is 0.672. The van der Waals surface area contributed by atoms with Crippen molar-refractivity contribution in [3.63, 3.8) is 0 Å². The lowest BCUT2D eigenvalue weighted by molar-refractivity contribution is 0.816. The minimum atomic E-state index is 0.672. The van der Waals surface area contributed by atoms with Crippen molar-refractivity contribution in [3.05, 3.63) is 33.1 Å². The molecule has 2 aromatic heterocycles. The van der Waals surface area contributed by atoms with Crippen molar-refractivity contribution in [2.75, 3.05) is 23.3 Å². The Morgan fingerprint density at radius 1 is 1.42 bits per heavy atom. The quantitative estimate of drug-likeness (QED) is 0.869. The van der Waals surface area contributed by atoms with Crippen LogP contribution in [0.25, 0.3) is 0 Å². The second-order valence-electron chi connectivity index (χ2n) is 3.99. The van der Waals surface area contributed by atoms with Gasteiger partial charge in [-0.1, -0.05) is 6.07 Å². The zero-order valence-corrected chi connectivity index (χ0v) is 13.5. The molecule has 4 nitrogen and oxygen atoms in total. The van der Waals surface area contributed by atoms with Crippen molar-refractivity contribution in [2.45, 2.75) is 20.4 Å². The SMILES string of the molecule is CCNc1ncc(Br)c(N(CC)Cc2cccs2)n1. The van der Waals surface area contributed by atoms with Gasteiger partial charge in [-0.25, -0.2) is 4.98 Å². The molecule has 2 aromatic rings. The molecule has 0 atom stereocenters. The maximum atomic E-state index is 4.58. The molecule has 0 aliphatic rings. The standard InChI is InChI=1S/C13H17BrN4S/c1-3-15-13-16-8-11(14)12(17-13)18(4-2)9-10-6-5-7-19-10/h5-8H,3-4,9H2,1-2H3,(H,15,16,17). The lowest BCUT2D eigenvalue weighted by Crippen LogP contribution is -2.23. The Bertz CT molecular complexity index is 515. The minimum Gasteiger partial charge on any atom is -0.354 e. The van der Waals surface area contributed by atoms with E-state index < -0.39 is 0 Å². The third-order valence-electron chi connectivity index (χ3n) is 2.67. The van der Waals surface area contributed by atoms with Gasteiger partial charge in [-0.2, -0.15) is 4.98 Å². The highest BCUT2D eigenvalue weighted by Gasteiger charge is 2.13. The van der Waals surface area contributed by atoms with Crippen LogP contribution in [0.15, 0.2) is 28.2 Å². The van der Waals surface area contributed by atoms with Crippen molar-refractivity contribution in [3.8, 4) is 0 Å². The van der Waals surface area contributed by atoms with Crippen molar-refractivity contribution in [2.24, 2.45) is 0 Å². The summed E-state index contributed by atoms with van der Waals surface area (Å²) in [6, 6.07) is 4.22. The van der Waals surface area contributed by atoms with Crippen LogP contribution in [0.5, 0.6) is 0 Å². The van der Waals surface area contributed by atoms with E-state index in [-0.39, 0.29) is 0 Å². The average Bonchev–Trinajstić information content (AvgIpc) is 2.92. The molecule has 0 spiro atoms. The number of nitrogens with zero attached hydrogens (tertiary/aromatic N) is 3. The fraction of sp³-hybridized carbons (Fsp3) is 0.385. The number of aromatic nitrogens is 2. The Labute approximate surface area is 126 Å². The lowest BCUT2D eigenvalue weighted by atomic mass is 10.4. The Hall–Kier alpha value is -1.14. The summed E-state index contributed by atoms with van der Waals surface area (Å²) in [5.74, 6) is 1.60. The van der Waals surface area contributed by atoms with E-state index in [9.17, 15) is 0 Å². The normalized spacial score (nSPS) is 10.5. The number of hydrogen-bond donors (Lipinski definition) is 1. The van der Waals surface area contributed by atoms with Gasteiger partial charge in [0.05, 0.1) is 11.0 Å². The molecule has 0 radical (unpaired) electrons. The highest BCUT2D eigenvalue weighted by atomic mass is 79.9. The largest absolute Gasteiger partial charge is 0.354 e. The molecule has 0 aliphatic carbocycles. The van der Waals surface area contributed by atoms with E-state index in [1.807, 2.05) is 6.92 Å². The van der Waals surface area contributed by atoms with Gasteiger partial charge in [-0.15, -0.1) is 11.3 Å². The third kappa shape index (κ3) is 3.67. The van der Waals surface area contributed by atoms with Gasteiger partial charge in [-0.05, 0) is 41.2 Å². The molecule has 0 unspecified atom stereocenters. The monoisotopic (exact) mass is 340 g/mol. The Morgan fingerprint density at radius 2 is 2.26 bits per heavy atom. The summed E-state index contributed by atoms with van der Waals surface area (Å²) >= 11 is 5.30. The van der Waals surface area contributed by atoms with Crippen LogP contribution in [-0.2, 0) is 6.54 Å². The number of halogens is 1. The van der Waals surface area contributed by atoms with Crippen LogP contribution in [0, 0.1) is 0 Å². The smallest absolute Gasteiger partial charge is 0.224 e. The molecule has 0 bridgehead atoms. The van der Waals surface area contributed by atoms with Gasteiger partial charge in [0.25, 0.3) is 0 Å². The topological polar surface area (TPSA) is 41.1 Å². The van der Waals surface area contributed by atoms with E-state index >= 15 is 0 Å². The average molecular weight is 341 g/mol. The molecule has 0 saturated heterocycles. The number of nitrogens with one attached hydrogen (secondary N) is 1. The van der Waals surface area contributed by atoms with Crippen LogP contribution < -0.4 is 10.2 Å². The summed E-state index contributed by atoms with van der Waals surface area (Å²) in [4.78, 5) is 12.4. The fourth-order valence-electron chi connectivity index (χ4n) is 1.75. The van der Waals surface area contributed by atoms with Gasteiger partial charge in [-0.3, -0.25) is 0 Å². The summed E-state index contributed by atoms with van der Waals surface area (Å²) in [6.07, 6.45) is 1.80. The molecule has 2 heterocycles. The summed E-state index contributed by atoms with van der Waals surface area (Å²) in [5.41, 5.74) is 0. The van der Waals surface area contributed by atoms with Gasteiger partial charge < -0.3 is 10.2 Å². The second kappa shape index (κ2) is 6.86. The van der Waals surface area contributed by atoms with E-state index in [0.717, 1.165) is 29.9 Å². The highest BCUT2D eigenvalue weighted by molar-refractivity contribution is 9.10. The number of anilines is 2. The van der Waals surface area contributed by atoms with E-state index in [2.05, 4.69) is 60.6 Å². The molecule has 0 aliphatic heterocycles. The molecule has 19 heavy (non-hydrogen) atoms. The summed E-state index contributed by atoms with van der Waals surface area (Å²) in [7, 11) is 0. The van der Waals surface area contributed by atoms with Crippen LogP contribution in [0.4, 0.5) is 11.8 Å². The Balaban J connectivity index is 2.23. The summed E-state index contributed by atoms with van der Waals surface area (Å²) < 4.78 is 0.924. The van der Waals surface area contributed by atoms with Gasteiger partial charge >= 0.3 is 0 Å². The molecular weight excluding hydrogens is 324 g/mol. The van der Waals surface area contributed by atoms with E-state index in [0.29, 0.717) is 5.95 Å². The first-order valence-corrected chi connectivity index (χ1v) is 7.95. The molecule has 1 N–H and O–H groups in total. The third-order valence-corrected chi connectivity index (χ3v) is 4.09. The number of rotatable bonds is 6. The zero-order valence-electron chi connectivity index (χ0n) is 11.1. The maximum Gasteiger partial charge on any atom is 0.224 e. The molecule has 102 valence electrons.